The largest absolute Gasteiger partial charge is 0.480 e. The summed E-state index contributed by atoms with van der Waals surface area (Å²) >= 11 is 0. The fourth-order valence-electron chi connectivity index (χ4n) is 2.34. The molecule has 1 N–H and O–H groups in total. The Morgan fingerprint density at radius 3 is 3.11 bits per heavy atom. The van der Waals surface area contributed by atoms with Crippen molar-refractivity contribution in [3.8, 4) is 0 Å². The lowest BCUT2D eigenvalue weighted by Crippen LogP contribution is -2.29. The number of fused-ring (bicyclic) bond motifs is 1. The summed E-state index contributed by atoms with van der Waals surface area (Å²) in [7, 11) is 0. The van der Waals surface area contributed by atoms with E-state index < -0.39 is 5.97 Å². The molecule has 18 heavy (non-hydrogen) atoms. The molecular formula is C13H19N3O2. The predicted octanol–water partition coefficient (Wildman–Crippen LogP) is 1.29. The zero-order chi connectivity index (χ0) is 13.0. The second-order valence-electron chi connectivity index (χ2n) is 4.66. The highest BCUT2D eigenvalue weighted by molar-refractivity contribution is 5.69. The number of rotatable bonds is 6. The Balaban J connectivity index is 2.03. The highest BCUT2D eigenvalue weighted by Gasteiger charge is 2.15. The SMILES string of the molecule is C=CCN(CC(=O)O)Cc1cc2n(n1)CCCC2. The molecule has 5 heteroatoms. The molecule has 0 aromatic carbocycles. The van der Waals surface area contributed by atoms with Crippen LogP contribution < -0.4 is 0 Å². The maximum Gasteiger partial charge on any atom is 0.317 e. The Morgan fingerprint density at radius 2 is 2.44 bits per heavy atom. The lowest BCUT2D eigenvalue weighted by Gasteiger charge is -2.16. The van der Waals surface area contributed by atoms with Crippen molar-refractivity contribution in [1.82, 2.24) is 14.7 Å². The Labute approximate surface area is 107 Å². The van der Waals surface area contributed by atoms with Gasteiger partial charge in [0.05, 0.1) is 12.2 Å². The van der Waals surface area contributed by atoms with Gasteiger partial charge in [-0.3, -0.25) is 14.4 Å². The van der Waals surface area contributed by atoms with Gasteiger partial charge in [0, 0.05) is 25.3 Å². The van der Waals surface area contributed by atoms with Gasteiger partial charge in [-0.05, 0) is 25.3 Å². The average Bonchev–Trinajstić information content (AvgIpc) is 2.70. The first kappa shape index (κ1) is 12.8. The molecule has 0 saturated carbocycles. The molecule has 0 amide bonds. The van der Waals surface area contributed by atoms with Crippen molar-refractivity contribution in [3.05, 3.63) is 30.1 Å². The normalized spacial score (nSPS) is 14.5. The van der Waals surface area contributed by atoms with Gasteiger partial charge < -0.3 is 5.11 Å². The summed E-state index contributed by atoms with van der Waals surface area (Å²) in [5.41, 5.74) is 2.22. The van der Waals surface area contributed by atoms with E-state index in [0.717, 1.165) is 18.7 Å². The molecule has 2 heterocycles. The molecule has 1 aliphatic rings. The van der Waals surface area contributed by atoms with Crippen LogP contribution in [-0.2, 0) is 24.3 Å². The van der Waals surface area contributed by atoms with Crippen molar-refractivity contribution in [1.29, 1.82) is 0 Å². The average molecular weight is 249 g/mol. The lowest BCUT2D eigenvalue weighted by molar-refractivity contribution is -0.138. The van der Waals surface area contributed by atoms with Crippen molar-refractivity contribution < 1.29 is 9.90 Å². The first-order valence-corrected chi connectivity index (χ1v) is 6.29. The van der Waals surface area contributed by atoms with Crippen LogP contribution in [0.2, 0.25) is 0 Å². The summed E-state index contributed by atoms with van der Waals surface area (Å²) in [6.07, 6.45) is 5.20. The summed E-state index contributed by atoms with van der Waals surface area (Å²) in [5, 5.41) is 13.4. The number of hydrogen-bond acceptors (Lipinski definition) is 3. The highest BCUT2D eigenvalue weighted by Crippen LogP contribution is 2.16. The van der Waals surface area contributed by atoms with Crippen LogP contribution in [-0.4, -0.2) is 38.8 Å². The minimum atomic E-state index is -0.819. The van der Waals surface area contributed by atoms with Crippen molar-refractivity contribution in [2.45, 2.75) is 32.4 Å². The molecule has 2 rings (SSSR count). The van der Waals surface area contributed by atoms with Crippen molar-refractivity contribution in [2.24, 2.45) is 0 Å². The Morgan fingerprint density at radius 1 is 1.61 bits per heavy atom. The number of carboxylic acids is 1. The molecule has 1 aromatic heterocycles. The van der Waals surface area contributed by atoms with Crippen LogP contribution in [0.1, 0.15) is 24.2 Å². The van der Waals surface area contributed by atoms with Gasteiger partial charge in [0.2, 0.25) is 0 Å². The van der Waals surface area contributed by atoms with Gasteiger partial charge in [-0.25, -0.2) is 0 Å². The van der Waals surface area contributed by atoms with Gasteiger partial charge >= 0.3 is 5.97 Å². The number of aryl methyl sites for hydroxylation is 2. The number of carbonyl (C=O) groups is 1. The maximum absolute atomic E-state index is 10.8. The Hall–Kier alpha value is -1.62. The number of aliphatic carboxylic acids is 1. The number of aromatic nitrogens is 2. The van der Waals surface area contributed by atoms with Crippen molar-refractivity contribution in [3.63, 3.8) is 0 Å². The van der Waals surface area contributed by atoms with E-state index in [1.54, 1.807) is 6.08 Å². The molecule has 0 unspecified atom stereocenters. The van der Waals surface area contributed by atoms with Crippen LogP contribution in [0.3, 0.4) is 0 Å². The fourth-order valence-corrected chi connectivity index (χ4v) is 2.34. The van der Waals surface area contributed by atoms with E-state index in [1.165, 1.54) is 18.5 Å². The standard InChI is InChI=1S/C13H19N3O2/c1-2-6-15(10-13(17)18)9-11-8-12-5-3-4-7-16(12)14-11/h2,8H,1,3-7,9-10H2,(H,17,18). The number of nitrogens with zero attached hydrogens (tertiary/aromatic N) is 3. The maximum atomic E-state index is 10.8. The third-order valence-electron chi connectivity index (χ3n) is 3.10. The molecule has 0 atom stereocenters. The smallest absolute Gasteiger partial charge is 0.317 e. The lowest BCUT2D eigenvalue weighted by atomic mass is 10.1. The minimum Gasteiger partial charge on any atom is -0.480 e. The zero-order valence-corrected chi connectivity index (χ0v) is 10.5. The predicted molar refractivity (Wildman–Crippen MR) is 68.3 cm³/mol. The molecule has 5 nitrogen and oxygen atoms in total. The molecule has 0 fully saturated rings. The third-order valence-corrected chi connectivity index (χ3v) is 3.10. The first-order chi connectivity index (χ1) is 8.69. The van der Waals surface area contributed by atoms with Gasteiger partial charge in [0.25, 0.3) is 0 Å². The van der Waals surface area contributed by atoms with Crippen molar-refractivity contribution >= 4 is 5.97 Å². The van der Waals surface area contributed by atoms with E-state index in [1.807, 2.05) is 9.58 Å². The van der Waals surface area contributed by atoms with Gasteiger partial charge in [0.15, 0.2) is 0 Å². The van der Waals surface area contributed by atoms with E-state index in [2.05, 4.69) is 17.7 Å². The number of hydrogen-bond donors (Lipinski definition) is 1. The highest BCUT2D eigenvalue weighted by atomic mass is 16.4. The van der Waals surface area contributed by atoms with Crippen LogP contribution >= 0.6 is 0 Å². The van der Waals surface area contributed by atoms with Gasteiger partial charge in [0.1, 0.15) is 0 Å². The topological polar surface area (TPSA) is 58.4 Å². The second kappa shape index (κ2) is 5.82. The van der Waals surface area contributed by atoms with Gasteiger partial charge in [-0.2, -0.15) is 5.10 Å². The molecule has 1 aliphatic heterocycles. The van der Waals surface area contributed by atoms with E-state index in [4.69, 9.17) is 5.11 Å². The summed E-state index contributed by atoms with van der Waals surface area (Å²) in [6.45, 7) is 5.79. The third kappa shape index (κ3) is 3.20. The van der Waals surface area contributed by atoms with Gasteiger partial charge in [-0.15, -0.1) is 6.58 Å². The molecular weight excluding hydrogens is 230 g/mol. The molecule has 0 bridgehead atoms. The molecule has 1 aromatic rings. The fraction of sp³-hybridized carbons (Fsp3) is 0.538. The van der Waals surface area contributed by atoms with Crippen LogP contribution in [0, 0.1) is 0 Å². The molecule has 0 aliphatic carbocycles. The van der Waals surface area contributed by atoms with Crippen molar-refractivity contribution in [2.75, 3.05) is 13.1 Å². The number of carboxylic acid groups (broad SMARTS) is 1. The molecule has 0 saturated heterocycles. The zero-order valence-electron chi connectivity index (χ0n) is 10.5. The van der Waals surface area contributed by atoms with Crippen LogP contribution in [0.15, 0.2) is 18.7 Å². The van der Waals surface area contributed by atoms with E-state index in [-0.39, 0.29) is 6.54 Å². The van der Waals surface area contributed by atoms with E-state index in [0.29, 0.717) is 13.1 Å². The molecule has 0 radical (unpaired) electrons. The van der Waals surface area contributed by atoms with Crippen LogP contribution in [0.5, 0.6) is 0 Å². The van der Waals surface area contributed by atoms with E-state index in [9.17, 15) is 4.79 Å². The monoisotopic (exact) mass is 249 g/mol. The Kier molecular flexibility index (Phi) is 4.15. The molecule has 0 spiro atoms. The van der Waals surface area contributed by atoms with Crippen LogP contribution in [0.25, 0.3) is 0 Å². The first-order valence-electron chi connectivity index (χ1n) is 6.29. The molecule has 98 valence electrons. The second-order valence-corrected chi connectivity index (χ2v) is 4.66. The minimum absolute atomic E-state index is 0.0220. The van der Waals surface area contributed by atoms with E-state index >= 15 is 0 Å². The quantitative estimate of drug-likeness (QED) is 0.772. The Bertz CT molecular complexity index is 416. The van der Waals surface area contributed by atoms with Crippen LogP contribution in [0.4, 0.5) is 0 Å². The summed E-state index contributed by atoms with van der Waals surface area (Å²) in [5.74, 6) is -0.819. The summed E-state index contributed by atoms with van der Waals surface area (Å²) in [4.78, 5) is 12.6. The summed E-state index contributed by atoms with van der Waals surface area (Å²) in [6, 6.07) is 2.09. The summed E-state index contributed by atoms with van der Waals surface area (Å²) < 4.78 is 2.05. The van der Waals surface area contributed by atoms with Gasteiger partial charge in [-0.1, -0.05) is 6.08 Å².